The van der Waals surface area contributed by atoms with Crippen LogP contribution in [0.2, 0.25) is 0 Å². The number of nitrogens with one attached hydrogen (secondary N) is 1. The molecule has 0 aromatic carbocycles. The zero-order chi connectivity index (χ0) is 14.0. The third-order valence-electron chi connectivity index (χ3n) is 2.80. The molecule has 0 aliphatic heterocycles. The molecule has 0 spiro atoms. The minimum Gasteiger partial charge on any atom is -0.390 e. The molecule has 0 saturated heterocycles. The minimum atomic E-state index is -0.266. The Labute approximate surface area is 113 Å². The Balaban J connectivity index is 3.83. The van der Waals surface area contributed by atoms with Crippen LogP contribution < -0.4 is 5.32 Å². The van der Waals surface area contributed by atoms with Crippen LogP contribution in [-0.2, 0) is 0 Å². The van der Waals surface area contributed by atoms with Gasteiger partial charge in [-0.15, -0.1) is 0 Å². The first-order valence-electron chi connectivity index (χ1n) is 7.21. The van der Waals surface area contributed by atoms with Gasteiger partial charge in [-0.05, 0) is 39.5 Å². The molecule has 0 radical (unpaired) electrons. The van der Waals surface area contributed by atoms with E-state index in [9.17, 15) is 5.11 Å². The number of aliphatic hydroxyl groups excluding tert-OH is 1. The smallest absolute Gasteiger partial charge is 0.0791 e. The third kappa shape index (κ3) is 11.0. The fourth-order valence-electron chi connectivity index (χ4n) is 1.85. The zero-order valence-electron chi connectivity index (χ0n) is 12.9. The van der Waals surface area contributed by atoms with Crippen molar-refractivity contribution in [3.05, 3.63) is 0 Å². The molecule has 0 aromatic rings. The summed E-state index contributed by atoms with van der Waals surface area (Å²) in [6.45, 7) is 12.1. The molecule has 0 heterocycles. The van der Waals surface area contributed by atoms with Crippen molar-refractivity contribution >= 4 is 0 Å². The summed E-state index contributed by atoms with van der Waals surface area (Å²) in [5, 5.41) is 13.3. The number of hydrogen-bond acceptors (Lipinski definition) is 4. The van der Waals surface area contributed by atoms with Gasteiger partial charge in [-0.2, -0.15) is 0 Å². The zero-order valence-corrected chi connectivity index (χ0v) is 12.9. The first-order valence-corrected chi connectivity index (χ1v) is 7.21. The third-order valence-corrected chi connectivity index (χ3v) is 2.80. The summed E-state index contributed by atoms with van der Waals surface area (Å²) in [6.07, 6.45) is 0.872. The van der Waals surface area contributed by atoms with E-state index in [2.05, 4.69) is 50.0 Å². The molecule has 110 valence electrons. The van der Waals surface area contributed by atoms with Gasteiger partial charge in [0.05, 0.1) is 6.10 Å². The summed E-state index contributed by atoms with van der Waals surface area (Å²) in [7, 11) is 4.18. The van der Waals surface area contributed by atoms with E-state index < -0.39 is 0 Å². The predicted octanol–water partition coefficient (Wildman–Crippen LogP) is 0.867. The van der Waals surface area contributed by atoms with Gasteiger partial charge < -0.3 is 15.3 Å². The van der Waals surface area contributed by atoms with E-state index in [1.54, 1.807) is 0 Å². The molecule has 0 bridgehead atoms. The van der Waals surface area contributed by atoms with Gasteiger partial charge in [-0.25, -0.2) is 0 Å². The van der Waals surface area contributed by atoms with Crippen molar-refractivity contribution in [2.75, 3.05) is 53.4 Å². The highest BCUT2D eigenvalue weighted by molar-refractivity contribution is 4.68. The Hall–Kier alpha value is -0.160. The van der Waals surface area contributed by atoms with E-state index in [1.807, 2.05) is 0 Å². The van der Waals surface area contributed by atoms with E-state index in [1.165, 1.54) is 0 Å². The first-order chi connectivity index (χ1) is 8.45. The maximum Gasteiger partial charge on any atom is 0.0791 e. The molecular formula is C14H33N3O. The molecule has 0 rings (SSSR count). The van der Waals surface area contributed by atoms with E-state index in [4.69, 9.17) is 0 Å². The standard InChI is InChI=1S/C14H33N3O/c1-6-7-17(9-8-16(4)5)12-14(18)11-15-10-13(2)3/h13-15,18H,6-12H2,1-5H3. The van der Waals surface area contributed by atoms with Crippen LogP contribution in [0.4, 0.5) is 0 Å². The maximum absolute atomic E-state index is 10.0. The fraction of sp³-hybridized carbons (Fsp3) is 1.00. The van der Waals surface area contributed by atoms with Gasteiger partial charge in [0.1, 0.15) is 0 Å². The Morgan fingerprint density at radius 1 is 1.06 bits per heavy atom. The van der Waals surface area contributed by atoms with Crippen LogP contribution in [0.25, 0.3) is 0 Å². The van der Waals surface area contributed by atoms with Gasteiger partial charge in [-0.1, -0.05) is 20.8 Å². The summed E-state index contributed by atoms with van der Waals surface area (Å²) in [4.78, 5) is 4.54. The van der Waals surface area contributed by atoms with Crippen LogP contribution in [0.1, 0.15) is 27.2 Å². The second-order valence-electron chi connectivity index (χ2n) is 5.81. The Kier molecular flexibility index (Phi) is 10.6. The molecule has 4 heteroatoms. The van der Waals surface area contributed by atoms with Gasteiger partial charge in [0.15, 0.2) is 0 Å². The summed E-state index contributed by atoms with van der Waals surface area (Å²) in [5.41, 5.74) is 0. The van der Waals surface area contributed by atoms with E-state index in [-0.39, 0.29) is 6.10 Å². The van der Waals surface area contributed by atoms with Crippen LogP contribution >= 0.6 is 0 Å². The normalized spacial score (nSPS) is 13.8. The molecule has 1 unspecified atom stereocenters. The summed E-state index contributed by atoms with van der Waals surface area (Å²) >= 11 is 0. The average Bonchev–Trinajstić information content (AvgIpc) is 2.25. The van der Waals surface area contributed by atoms with Crippen molar-refractivity contribution in [2.45, 2.75) is 33.3 Å². The molecular weight excluding hydrogens is 226 g/mol. The SMILES string of the molecule is CCCN(CCN(C)C)CC(O)CNCC(C)C. The molecule has 0 saturated carbocycles. The van der Waals surface area contributed by atoms with E-state index in [0.29, 0.717) is 12.5 Å². The number of likely N-dealkylation sites (N-methyl/N-ethyl adjacent to an activating group) is 1. The summed E-state index contributed by atoms with van der Waals surface area (Å²) in [5.74, 6) is 0.637. The lowest BCUT2D eigenvalue weighted by atomic mass is 10.2. The van der Waals surface area contributed by atoms with Crippen LogP contribution in [0, 0.1) is 5.92 Å². The lowest BCUT2D eigenvalue weighted by molar-refractivity contribution is 0.106. The molecule has 0 aliphatic carbocycles. The minimum absolute atomic E-state index is 0.266. The lowest BCUT2D eigenvalue weighted by Gasteiger charge is -2.26. The molecule has 18 heavy (non-hydrogen) atoms. The molecule has 0 amide bonds. The second-order valence-corrected chi connectivity index (χ2v) is 5.81. The van der Waals surface area contributed by atoms with Gasteiger partial charge in [0, 0.05) is 26.2 Å². The van der Waals surface area contributed by atoms with Crippen molar-refractivity contribution in [1.82, 2.24) is 15.1 Å². The van der Waals surface area contributed by atoms with Gasteiger partial charge >= 0.3 is 0 Å². The van der Waals surface area contributed by atoms with Crippen LogP contribution in [0.15, 0.2) is 0 Å². The Morgan fingerprint density at radius 2 is 1.72 bits per heavy atom. The maximum atomic E-state index is 10.0. The van der Waals surface area contributed by atoms with Crippen molar-refractivity contribution in [3.63, 3.8) is 0 Å². The van der Waals surface area contributed by atoms with Crippen molar-refractivity contribution < 1.29 is 5.11 Å². The first kappa shape index (κ1) is 17.8. The monoisotopic (exact) mass is 259 g/mol. The van der Waals surface area contributed by atoms with Crippen molar-refractivity contribution in [1.29, 1.82) is 0 Å². The molecule has 4 nitrogen and oxygen atoms in total. The molecule has 0 aromatic heterocycles. The highest BCUT2D eigenvalue weighted by Gasteiger charge is 2.11. The van der Waals surface area contributed by atoms with Gasteiger partial charge in [0.25, 0.3) is 0 Å². The van der Waals surface area contributed by atoms with Crippen molar-refractivity contribution in [3.8, 4) is 0 Å². The largest absolute Gasteiger partial charge is 0.390 e. The molecule has 0 fully saturated rings. The van der Waals surface area contributed by atoms with Gasteiger partial charge in [0.2, 0.25) is 0 Å². The Morgan fingerprint density at radius 3 is 2.22 bits per heavy atom. The van der Waals surface area contributed by atoms with Gasteiger partial charge in [-0.3, -0.25) is 4.90 Å². The number of aliphatic hydroxyl groups is 1. The topological polar surface area (TPSA) is 38.7 Å². The van der Waals surface area contributed by atoms with E-state index in [0.717, 1.165) is 39.1 Å². The van der Waals surface area contributed by atoms with E-state index >= 15 is 0 Å². The highest BCUT2D eigenvalue weighted by Crippen LogP contribution is 1.96. The number of nitrogens with zero attached hydrogens (tertiary/aromatic N) is 2. The molecule has 1 atom stereocenters. The Bertz CT molecular complexity index is 186. The van der Waals surface area contributed by atoms with Crippen LogP contribution in [0.3, 0.4) is 0 Å². The predicted molar refractivity (Wildman–Crippen MR) is 79.0 cm³/mol. The quantitative estimate of drug-likeness (QED) is 0.577. The molecule has 2 N–H and O–H groups in total. The van der Waals surface area contributed by atoms with Crippen LogP contribution in [0.5, 0.6) is 0 Å². The summed E-state index contributed by atoms with van der Waals surface area (Å²) < 4.78 is 0. The van der Waals surface area contributed by atoms with Crippen LogP contribution in [-0.4, -0.2) is 74.4 Å². The number of hydrogen-bond donors (Lipinski definition) is 2. The fourth-order valence-corrected chi connectivity index (χ4v) is 1.85. The summed E-state index contributed by atoms with van der Waals surface area (Å²) in [6, 6.07) is 0. The van der Waals surface area contributed by atoms with Crippen molar-refractivity contribution in [2.24, 2.45) is 5.92 Å². The second kappa shape index (κ2) is 10.7. The average molecular weight is 259 g/mol. The number of rotatable bonds is 11. The lowest BCUT2D eigenvalue weighted by Crippen LogP contribution is -2.41. The highest BCUT2D eigenvalue weighted by atomic mass is 16.3. The molecule has 0 aliphatic rings.